The van der Waals surface area contributed by atoms with Crippen LogP contribution in [0.4, 0.5) is 10.2 Å². The minimum Gasteiger partial charge on any atom is -0.493 e. The van der Waals surface area contributed by atoms with Crippen molar-refractivity contribution >= 4 is 22.5 Å². The molecule has 0 aliphatic carbocycles. The molecule has 0 bridgehead atoms. The van der Waals surface area contributed by atoms with Crippen LogP contribution in [-0.4, -0.2) is 53.6 Å². The van der Waals surface area contributed by atoms with E-state index in [1.54, 1.807) is 12.1 Å². The van der Waals surface area contributed by atoms with Crippen LogP contribution in [0, 0.1) is 5.82 Å². The van der Waals surface area contributed by atoms with Gasteiger partial charge in [0.2, 0.25) is 0 Å². The van der Waals surface area contributed by atoms with Crippen molar-refractivity contribution < 1.29 is 13.9 Å². The van der Waals surface area contributed by atoms with Crippen LogP contribution in [0.5, 0.6) is 5.75 Å². The third-order valence-electron chi connectivity index (χ3n) is 6.09. The van der Waals surface area contributed by atoms with Crippen molar-refractivity contribution in [3.05, 3.63) is 84.4 Å². The van der Waals surface area contributed by atoms with E-state index in [0.717, 1.165) is 27.8 Å². The molecule has 1 amide bonds. The fraction of sp³-hybridized carbons (Fsp3) is 0.222. The Morgan fingerprint density at radius 2 is 1.74 bits per heavy atom. The number of piperazine rings is 1. The summed E-state index contributed by atoms with van der Waals surface area (Å²) in [6, 6.07) is 19.9. The number of carbonyl (C=O) groups excluding carboxylic acids is 1. The number of ether oxygens (including phenoxy) is 1. The first kappa shape index (κ1) is 21.8. The number of benzene rings is 3. The average molecular weight is 457 g/mol. The summed E-state index contributed by atoms with van der Waals surface area (Å²) in [5.74, 6) is 1.11. The molecule has 0 unspecified atom stereocenters. The first-order valence-corrected chi connectivity index (χ1v) is 11.4. The molecule has 5 rings (SSSR count). The van der Waals surface area contributed by atoms with Gasteiger partial charge in [-0.25, -0.2) is 14.4 Å². The number of fused-ring (bicyclic) bond motifs is 1. The number of anilines is 1. The van der Waals surface area contributed by atoms with Crippen molar-refractivity contribution in [3.8, 4) is 17.0 Å². The van der Waals surface area contributed by atoms with Gasteiger partial charge >= 0.3 is 0 Å². The van der Waals surface area contributed by atoms with Gasteiger partial charge in [0.05, 0.1) is 17.9 Å². The number of halogens is 1. The van der Waals surface area contributed by atoms with Gasteiger partial charge in [-0.2, -0.15) is 0 Å². The third-order valence-corrected chi connectivity index (χ3v) is 6.09. The molecule has 1 aliphatic heterocycles. The van der Waals surface area contributed by atoms with Gasteiger partial charge in [0.25, 0.3) is 5.91 Å². The van der Waals surface area contributed by atoms with E-state index >= 15 is 0 Å². The van der Waals surface area contributed by atoms with E-state index in [-0.39, 0.29) is 11.7 Å². The van der Waals surface area contributed by atoms with Gasteiger partial charge in [0.1, 0.15) is 23.7 Å². The molecule has 0 spiro atoms. The standard InChI is InChI=1S/C27H25FN4O2/c1-2-34-24-12-9-19-5-3-4-6-22(19)26(24)27(33)32-15-13-31(14-16-32)25-17-23(29-18-30-25)20-7-10-21(28)11-8-20/h3-12,17-18H,2,13-16H2,1H3. The normalized spacial score (nSPS) is 13.8. The minimum absolute atomic E-state index is 0.0189. The lowest BCUT2D eigenvalue weighted by Gasteiger charge is -2.35. The van der Waals surface area contributed by atoms with Crippen molar-refractivity contribution in [2.45, 2.75) is 6.92 Å². The Hall–Kier alpha value is -4.00. The highest BCUT2D eigenvalue weighted by molar-refractivity contribution is 6.09. The number of aromatic nitrogens is 2. The minimum atomic E-state index is -0.280. The molecule has 0 saturated carbocycles. The summed E-state index contributed by atoms with van der Waals surface area (Å²) in [6.07, 6.45) is 1.52. The second-order valence-electron chi connectivity index (χ2n) is 8.14. The summed E-state index contributed by atoms with van der Waals surface area (Å²) in [5, 5.41) is 1.92. The first-order chi connectivity index (χ1) is 16.6. The topological polar surface area (TPSA) is 58.6 Å². The van der Waals surface area contributed by atoms with Crippen molar-refractivity contribution in [1.29, 1.82) is 0 Å². The Labute approximate surface area is 197 Å². The van der Waals surface area contributed by atoms with E-state index in [2.05, 4.69) is 14.9 Å². The Bertz CT molecular complexity index is 1320. The van der Waals surface area contributed by atoms with Crippen LogP contribution in [-0.2, 0) is 0 Å². The van der Waals surface area contributed by atoms with Gasteiger partial charge in [-0.15, -0.1) is 0 Å². The molecule has 7 heteroatoms. The first-order valence-electron chi connectivity index (χ1n) is 11.4. The van der Waals surface area contributed by atoms with Crippen LogP contribution in [0.1, 0.15) is 17.3 Å². The molecule has 3 aromatic carbocycles. The fourth-order valence-electron chi connectivity index (χ4n) is 4.34. The van der Waals surface area contributed by atoms with Crippen molar-refractivity contribution in [3.63, 3.8) is 0 Å². The molecule has 1 aromatic heterocycles. The Balaban J connectivity index is 1.34. The zero-order chi connectivity index (χ0) is 23.5. The average Bonchev–Trinajstić information content (AvgIpc) is 2.89. The fourth-order valence-corrected chi connectivity index (χ4v) is 4.34. The summed E-state index contributed by atoms with van der Waals surface area (Å²) in [7, 11) is 0. The SMILES string of the molecule is CCOc1ccc2ccccc2c1C(=O)N1CCN(c2cc(-c3ccc(F)cc3)ncn2)CC1. The maximum atomic E-state index is 13.6. The quantitative estimate of drug-likeness (QED) is 0.432. The Morgan fingerprint density at radius 3 is 2.50 bits per heavy atom. The summed E-state index contributed by atoms with van der Waals surface area (Å²) in [5.41, 5.74) is 2.19. The lowest BCUT2D eigenvalue weighted by atomic mass is 10.0. The maximum Gasteiger partial charge on any atom is 0.258 e. The Morgan fingerprint density at radius 1 is 0.971 bits per heavy atom. The van der Waals surface area contributed by atoms with Gasteiger partial charge in [-0.1, -0.05) is 30.3 Å². The van der Waals surface area contributed by atoms with Gasteiger partial charge in [-0.05, 0) is 48.0 Å². The maximum absolute atomic E-state index is 13.6. The van der Waals surface area contributed by atoms with E-state index in [1.165, 1.54) is 18.5 Å². The highest BCUT2D eigenvalue weighted by Crippen LogP contribution is 2.30. The molecule has 4 aromatic rings. The lowest BCUT2D eigenvalue weighted by molar-refractivity contribution is 0.0744. The molecular weight excluding hydrogens is 431 g/mol. The number of rotatable bonds is 5. The molecular formula is C27H25FN4O2. The molecule has 34 heavy (non-hydrogen) atoms. The summed E-state index contributed by atoms with van der Waals surface area (Å²) in [6.45, 7) is 4.87. The molecule has 0 N–H and O–H groups in total. The predicted octanol–water partition coefficient (Wildman–Crippen LogP) is 4.80. The highest BCUT2D eigenvalue weighted by atomic mass is 19.1. The third kappa shape index (κ3) is 4.29. The molecule has 1 aliphatic rings. The zero-order valence-electron chi connectivity index (χ0n) is 18.9. The van der Waals surface area contributed by atoms with Crippen molar-refractivity contribution in [2.75, 3.05) is 37.7 Å². The molecule has 1 saturated heterocycles. The Kier molecular flexibility index (Phi) is 6.08. The summed E-state index contributed by atoms with van der Waals surface area (Å²) < 4.78 is 19.1. The highest BCUT2D eigenvalue weighted by Gasteiger charge is 2.26. The van der Waals surface area contributed by atoms with Crippen molar-refractivity contribution in [2.24, 2.45) is 0 Å². The molecule has 172 valence electrons. The molecule has 2 heterocycles. The van der Waals surface area contributed by atoms with Crippen molar-refractivity contribution in [1.82, 2.24) is 14.9 Å². The number of carbonyl (C=O) groups is 1. The zero-order valence-corrected chi connectivity index (χ0v) is 18.9. The molecule has 0 radical (unpaired) electrons. The van der Waals surface area contributed by atoms with E-state index in [9.17, 15) is 9.18 Å². The summed E-state index contributed by atoms with van der Waals surface area (Å²) in [4.78, 5) is 26.4. The van der Waals surface area contributed by atoms with Gasteiger partial charge in [0.15, 0.2) is 0 Å². The number of hydrogen-bond acceptors (Lipinski definition) is 5. The van der Waals surface area contributed by atoms with Crippen LogP contribution in [0.3, 0.4) is 0 Å². The van der Waals surface area contributed by atoms with Gasteiger partial charge < -0.3 is 14.5 Å². The number of nitrogens with zero attached hydrogens (tertiary/aromatic N) is 4. The van der Waals surface area contributed by atoms with Crippen LogP contribution >= 0.6 is 0 Å². The van der Waals surface area contributed by atoms with E-state index in [0.29, 0.717) is 44.1 Å². The monoisotopic (exact) mass is 456 g/mol. The molecule has 6 nitrogen and oxygen atoms in total. The lowest BCUT2D eigenvalue weighted by Crippen LogP contribution is -2.49. The van der Waals surface area contributed by atoms with E-state index in [1.807, 2.05) is 54.3 Å². The smallest absolute Gasteiger partial charge is 0.258 e. The van der Waals surface area contributed by atoms with Crippen LogP contribution < -0.4 is 9.64 Å². The number of amides is 1. The van der Waals surface area contributed by atoms with Gasteiger partial charge in [-0.3, -0.25) is 4.79 Å². The predicted molar refractivity (Wildman–Crippen MR) is 131 cm³/mol. The van der Waals surface area contributed by atoms with Crippen LogP contribution in [0.15, 0.2) is 73.1 Å². The number of hydrogen-bond donors (Lipinski definition) is 0. The van der Waals surface area contributed by atoms with Crippen LogP contribution in [0.25, 0.3) is 22.0 Å². The molecule has 1 fully saturated rings. The van der Waals surface area contributed by atoms with Gasteiger partial charge in [0, 0.05) is 37.8 Å². The summed E-state index contributed by atoms with van der Waals surface area (Å²) >= 11 is 0. The van der Waals surface area contributed by atoms with Crippen LogP contribution in [0.2, 0.25) is 0 Å². The largest absolute Gasteiger partial charge is 0.493 e. The molecule has 0 atom stereocenters. The second kappa shape index (κ2) is 9.47. The van der Waals surface area contributed by atoms with E-state index in [4.69, 9.17) is 4.74 Å². The van der Waals surface area contributed by atoms with E-state index < -0.39 is 0 Å². The second-order valence-corrected chi connectivity index (χ2v) is 8.14.